The summed E-state index contributed by atoms with van der Waals surface area (Å²) in [5, 5.41) is 16.7. The lowest BCUT2D eigenvalue weighted by atomic mass is 10.0. The molecule has 3 rings (SSSR count). The fraction of sp³-hybridized carbons (Fsp3) is 0.700. The van der Waals surface area contributed by atoms with Crippen LogP contribution in [-0.2, 0) is 11.3 Å². The summed E-state index contributed by atoms with van der Waals surface area (Å²) in [6.45, 7) is 2.45. The molecular weight excluding hydrogens is 222 g/mol. The minimum absolute atomic E-state index is 0.251. The van der Waals surface area contributed by atoms with Gasteiger partial charge >= 0.3 is 5.97 Å². The van der Waals surface area contributed by atoms with Crippen molar-refractivity contribution >= 4 is 11.9 Å². The molecule has 2 aliphatic rings. The highest BCUT2D eigenvalue weighted by Crippen LogP contribution is 2.29. The molecule has 1 fully saturated rings. The molecule has 0 bridgehead atoms. The van der Waals surface area contributed by atoms with Crippen LogP contribution in [0.5, 0.6) is 0 Å². The van der Waals surface area contributed by atoms with E-state index in [0.29, 0.717) is 18.8 Å². The summed E-state index contributed by atoms with van der Waals surface area (Å²) in [6.07, 6.45) is 0.639. The lowest BCUT2D eigenvalue weighted by Gasteiger charge is -2.12. The molecule has 0 amide bonds. The fourth-order valence-corrected chi connectivity index (χ4v) is 2.50. The number of aliphatic carboxylic acids is 1. The topological polar surface area (TPSA) is 83.3 Å². The van der Waals surface area contributed by atoms with Gasteiger partial charge in [-0.2, -0.15) is 10.1 Å². The molecule has 0 aliphatic carbocycles. The number of nitrogens with zero attached hydrogens (tertiary/aromatic N) is 4. The van der Waals surface area contributed by atoms with E-state index in [4.69, 9.17) is 5.11 Å². The molecule has 7 nitrogen and oxygen atoms in total. The molecule has 2 N–H and O–H groups in total. The fourth-order valence-electron chi connectivity index (χ4n) is 2.50. The zero-order chi connectivity index (χ0) is 12.0. The Morgan fingerprint density at radius 1 is 1.53 bits per heavy atom. The first-order valence-electron chi connectivity index (χ1n) is 5.79. The zero-order valence-electron chi connectivity index (χ0n) is 9.63. The van der Waals surface area contributed by atoms with Gasteiger partial charge in [-0.15, -0.1) is 0 Å². The van der Waals surface area contributed by atoms with E-state index < -0.39 is 11.9 Å². The first-order chi connectivity index (χ1) is 8.16. The average molecular weight is 237 g/mol. The molecule has 0 spiro atoms. The van der Waals surface area contributed by atoms with Crippen LogP contribution in [0.25, 0.3) is 0 Å². The molecule has 1 aromatic heterocycles. The van der Waals surface area contributed by atoms with Crippen LogP contribution >= 0.6 is 0 Å². The van der Waals surface area contributed by atoms with Crippen LogP contribution in [0.1, 0.15) is 18.3 Å². The highest BCUT2D eigenvalue weighted by molar-refractivity contribution is 5.71. The van der Waals surface area contributed by atoms with Gasteiger partial charge < -0.3 is 15.3 Å². The first-order valence-corrected chi connectivity index (χ1v) is 5.79. The van der Waals surface area contributed by atoms with Crippen LogP contribution in [0.4, 0.5) is 5.95 Å². The number of carboxylic acids is 1. The number of carbonyl (C=O) groups is 1. The van der Waals surface area contributed by atoms with Crippen molar-refractivity contribution in [1.29, 1.82) is 0 Å². The van der Waals surface area contributed by atoms with Crippen LogP contribution < -0.4 is 10.2 Å². The SMILES string of the molecule is CN1CCn2nc(C3NCCC3C(=O)O)nc21. The lowest BCUT2D eigenvalue weighted by Crippen LogP contribution is -2.25. The van der Waals surface area contributed by atoms with E-state index in [1.54, 1.807) is 0 Å². The summed E-state index contributed by atoms with van der Waals surface area (Å²) >= 11 is 0. The molecule has 0 saturated carbocycles. The zero-order valence-corrected chi connectivity index (χ0v) is 9.63. The number of nitrogens with one attached hydrogen (secondary N) is 1. The number of carboxylic acid groups (broad SMARTS) is 1. The predicted octanol–water partition coefficient (Wildman–Crippen LogP) is -0.537. The van der Waals surface area contributed by atoms with Crippen molar-refractivity contribution in [1.82, 2.24) is 20.1 Å². The maximum absolute atomic E-state index is 11.1. The van der Waals surface area contributed by atoms with Crippen molar-refractivity contribution in [3.63, 3.8) is 0 Å². The van der Waals surface area contributed by atoms with Crippen LogP contribution in [0.3, 0.4) is 0 Å². The smallest absolute Gasteiger partial charge is 0.308 e. The molecule has 2 atom stereocenters. The Labute approximate surface area is 98.4 Å². The summed E-state index contributed by atoms with van der Waals surface area (Å²) in [5.74, 6) is 0.251. The van der Waals surface area contributed by atoms with Crippen molar-refractivity contribution in [2.75, 3.05) is 25.0 Å². The number of likely N-dealkylation sites (N-methyl/N-ethyl adjacent to an activating group) is 1. The van der Waals surface area contributed by atoms with Gasteiger partial charge in [0.25, 0.3) is 0 Å². The first kappa shape index (κ1) is 10.5. The second kappa shape index (κ2) is 3.69. The average Bonchev–Trinajstić information content (AvgIpc) is 2.94. The third-order valence-electron chi connectivity index (χ3n) is 3.47. The van der Waals surface area contributed by atoms with Gasteiger partial charge in [-0.3, -0.25) is 4.79 Å². The van der Waals surface area contributed by atoms with Crippen LogP contribution in [0.15, 0.2) is 0 Å². The van der Waals surface area contributed by atoms with Crippen LogP contribution in [-0.4, -0.2) is 46.0 Å². The van der Waals surface area contributed by atoms with Gasteiger partial charge in [0.1, 0.15) is 0 Å². The predicted molar refractivity (Wildman–Crippen MR) is 59.8 cm³/mol. The lowest BCUT2D eigenvalue weighted by molar-refractivity contribution is -0.142. The molecular formula is C10H15N5O2. The number of hydrogen-bond donors (Lipinski definition) is 2. The number of aromatic nitrogens is 3. The Kier molecular flexibility index (Phi) is 2.29. The Bertz CT molecular complexity index is 458. The number of hydrogen-bond acceptors (Lipinski definition) is 5. The summed E-state index contributed by atoms with van der Waals surface area (Å²) < 4.78 is 1.84. The summed E-state index contributed by atoms with van der Waals surface area (Å²) in [7, 11) is 1.97. The highest BCUT2D eigenvalue weighted by Gasteiger charge is 2.37. The van der Waals surface area contributed by atoms with E-state index in [0.717, 1.165) is 19.0 Å². The maximum atomic E-state index is 11.1. The molecule has 1 saturated heterocycles. The molecule has 2 aliphatic heterocycles. The molecule has 17 heavy (non-hydrogen) atoms. The summed E-state index contributed by atoms with van der Waals surface area (Å²) in [4.78, 5) is 17.6. The van der Waals surface area contributed by atoms with Gasteiger partial charge in [0.2, 0.25) is 5.95 Å². The van der Waals surface area contributed by atoms with Gasteiger partial charge in [0, 0.05) is 13.6 Å². The second-order valence-electron chi connectivity index (χ2n) is 4.58. The van der Waals surface area contributed by atoms with Crippen molar-refractivity contribution in [3.05, 3.63) is 5.82 Å². The molecule has 7 heteroatoms. The second-order valence-corrected chi connectivity index (χ2v) is 4.58. The number of anilines is 1. The van der Waals surface area contributed by atoms with E-state index in [2.05, 4.69) is 15.4 Å². The van der Waals surface area contributed by atoms with E-state index in [1.807, 2.05) is 16.6 Å². The van der Waals surface area contributed by atoms with Crippen molar-refractivity contribution < 1.29 is 9.90 Å². The minimum atomic E-state index is -0.775. The normalized spacial score (nSPS) is 27.5. The summed E-state index contributed by atoms with van der Waals surface area (Å²) in [6, 6.07) is -0.251. The molecule has 92 valence electrons. The molecule has 0 radical (unpaired) electrons. The molecule has 1 aromatic rings. The van der Waals surface area contributed by atoms with Crippen molar-refractivity contribution in [2.45, 2.75) is 19.0 Å². The largest absolute Gasteiger partial charge is 0.481 e. The molecule has 2 unspecified atom stereocenters. The van der Waals surface area contributed by atoms with E-state index in [1.165, 1.54) is 0 Å². The molecule has 3 heterocycles. The third-order valence-corrected chi connectivity index (χ3v) is 3.47. The van der Waals surface area contributed by atoms with Crippen LogP contribution in [0.2, 0.25) is 0 Å². The molecule has 0 aromatic carbocycles. The van der Waals surface area contributed by atoms with E-state index >= 15 is 0 Å². The maximum Gasteiger partial charge on any atom is 0.308 e. The Balaban J connectivity index is 1.89. The van der Waals surface area contributed by atoms with E-state index in [-0.39, 0.29) is 6.04 Å². The number of fused-ring (bicyclic) bond motifs is 1. The minimum Gasteiger partial charge on any atom is -0.481 e. The third kappa shape index (κ3) is 1.57. The van der Waals surface area contributed by atoms with Gasteiger partial charge in [-0.25, -0.2) is 4.68 Å². The van der Waals surface area contributed by atoms with Crippen molar-refractivity contribution in [3.8, 4) is 0 Å². The van der Waals surface area contributed by atoms with Gasteiger partial charge in [-0.1, -0.05) is 0 Å². The monoisotopic (exact) mass is 237 g/mol. The van der Waals surface area contributed by atoms with E-state index in [9.17, 15) is 4.79 Å². The van der Waals surface area contributed by atoms with Gasteiger partial charge in [0.15, 0.2) is 5.82 Å². The van der Waals surface area contributed by atoms with Crippen molar-refractivity contribution in [2.24, 2.45) is 5.92 Å². The quantitative estimate of drug-likeness (QED) is 0.719. The Morgan fingerprint density at radius 3 is 3.06 bits per heavy atom. The standard InChI is InChI=1S/C10H15N5O2/c1-14-4-5-15-10(14)12-8(13-15)7-6(9(16)17)2-3-11-7/h6-7,11H,2-5H2,1H3,(H,16,17). The van der Waals surface area contributed by atoms with Gasteiger partial charge in [-0.05, 0) is 13.0 Å². The van der Waals surface area contributed by atoms with Gasteiger partial charge in [0.05, 0.1) is 18.5 Å². The highest BCUT2D eigenvalue weighted by atomic mass is 16.4. The van der Waals surface area contributed by atoms with Crippen LogP contribution in [0, 0.1) is 5.92 Å². The Morgan fingerprint density at radius 2 is 2.35 bits per heavy atom. The Hall–Kier alpha value is -1.63. The summed E-state index contributed by atoms with van der Waals surface area (Å²) in [5.41, 5.74) is 0. The number of rotatable bonds is 2.